The Kier molecular flexibility index (Phi) is 23.8. The summed E-state index contributed by atoms with van der Waals surface area (Å²) in [6.45, 7) is 12.1. The van der Waals surface area contributed by atoms with Crippen molar-refractivity contribution in [2.24, 2.45) is 23.7 Å². The third-order valence-electron chi connectivity index (χ3n) is 11.6. The number of alkyl halides is 1. The Morgan fingerprint density at radius 3 is 1.44 bits per heavy atom. The van der Waals surface area contributed by atoms with Crippen LogP contribution in [0.2, 0.25) is 10.0 Å². The molecule has 14 nitrogen and oxygen atoms in total. The minimum atomic E-state index is -1.24. The Bertz CT molecular complexity index is 2010. The van der Waals surface area contributed by atoms with E-state index in [1.807, 2.05) is 33.8 Å². The lowest BCUT2D eigenvalue weighted by molar-refractivity contribution is -0.173. The number of nitrogens with zero attached hydrogens (tertiary/aromatic N) is 2. The number of amides is 2. The molecule has 2 fully saturated rings. The van der Waals surface area contributed by atoms with Gasteiger partial charge in [0.2, 0.25) is 6.29 Å². The monoisotopic (exact) mass is 980 g/mol. The van der Waals surface area contributed by atoms with E-state index < -0.39 is 53.3 Å². The largest absolute Gasteiger partial charge is 0.481 e. The molecule has 2 aromatic rings. The molecule has 5 atom stereocenters. The summed E-state index contributed by atoms with van der Waals surface area (Å²) >= 11 is 18.2. The van der Waals surface area contributed by atoms with Gasteiger partial charge in [-0.25, -0.2) is 9.59 Å². The first-order chi connectivity index (χ1) is 30.9. The van der Waals surface area contributed by atoms with Crippen molar-refractivity contribution in [3.05, 3.63) is 69.7 Å². The number of Topliss-reactive ketones (excluding diaryl/α,β-unsaturated/α-hetero) is 4. The lowest BCUT2D eigenvalue weighted by Crippen LogP contribution is -2.54. The fourth-order valence-electron chi connectivity index (χ4n) is 8.59. The Hall–Kier alpha value is -4.53. The molecule has 1 unspecified atom stereocenters. The number of hydrogen-bond donors (Lipinski definition) is 1. The highest BCUT2D eigenvalue weighted by Crippen LogP contribution is 2.44. The van der Waals surface area contributed by atoms with E-state index in [9.17, 15) is 38.4 Å². The molecule has 0 aromatic heterocycles. The fraction of sp³-hybridized carbons (Fsp3) is 0.592. The molecule has 0 bridgehead atoms. The number of ether oxygens (including phenoxy) is 3. The number of benzene rings is 2. The Morgan fingerprint density at radius 1 is 0.652 bits per heavy atom. The summed E-state index contributed by atoms with van der Waals surface area (Å²) in [6, 6.07) is 13.8. The first-order valence-corrected chi connectivity index (χ1v) is 23.6. The molecule has 4 rings (SSSR count). The van der Waals surface area contributed by atoms with Crippen molar-refractivity contribution in [3.63, 3.8) is 0 Å². The number of carboxylic acid groups (broad SMARTS) is 1. The van der Waals surface area contributed by atoms with Crippen molar-refractivity contribution in [2.45, 2.75) is 143 Å². The Morgan fingerprint density at radius 2 is 1.06 bits per heavy atom. The SMILES string of the molecule is CC(=O)C[C@@H](CC(C)C)C(=O)O.CC(=O)C[C@@H](CC(C)C)C(=O)OC(C)OC(=O)N(C)[C@]1(c2ccccc2Cl)CCCCC1=O.CN(C(=O)OCCl)[C@]1(c2ccccc2Cl)CCCCC1=O. The Balaban J connectivity index is 0.000000385. The van der Waals surface area contributed by atoms with E-state index in [1.165, 1.54) is 37.6 Å². The van der Waals surface area contributed by atoms with Crippen molar-refractivity contribution >= 4 is 82.1 Å². The van der Waals surface area contributed by atoms with Crippen molar-refractivity contribution in [3.8, 4) is 0 Å². The molecular weight excluding hydrogens is 915 g/mol. The van der Waals surface area contributed by atoms with Crippen LogP contribution in [0, 0.1) is 23.7 Å². The molecule has 2 saturated carbocycles. The molecule has 2 aromatic carbocycles. The average Bonchev–Trinajstić information content (AvgIpc) is 3.23. The van der Waals surface area contributed by atoms with E-state index in [4.69, 9.17) is 54.1 Å². The molecular formula is C49H67Cl3N2O12. The molecule has 0 radical (unpaired) electrons. The van der Waals surface area contributed by atoms with Gasteiger partial charge in [0.05, 0.1) is 11.8 Å². The molecule has 2 aliphatic carbocycles. The lowest BCUT2D eigenvalue weighted by Gasteiger charge is -2.43. The van der Waals surface area contributed by atoms with Crippen LogP contribution >= 0.6 is 34.8 Å². The van der Waals surface area contributed by atoms with Crippen LogP contribution in [0.4, 0.5) is 9.59 Å². The van der Waals surface area contributed by atoms with Crippen LogP contribution in [-0.2, 0) is 54.1 Å². The van der Waals surface area contributed by atoms with Crippen LogP contribution < -0.4 is 0 Å². The third kappa shape index (κ3) is 16.1. The van der Waals surface area contributed by atoms with Crippen LogP contribution in [0.1, 0.15) is 137 Å². The number of halogens is 3. The number of ketones is 4. The predicted octanol–water partition coefficient (Wildman–Crippen LogP) is 10.9. The maximum Gasteiger partial charge on any atom is 0.413 e. The topological polar surface area (TPSA) is 191 Å². The molecule has 2 aliphatic rings. The van der Waals surface area contributed by atoms with Crippen molar-refractivity contribution < 1.29 is 57.7 Å². The summed E-state index contributed by atoms with van der Waals surface area (Å²) in [5, 5.41) is 9.59. The van der Waals surface area contributed by atoms with Gasteiger partial charge in [0.25, 0.3) is 0 Å². The van der Waals surface area contributed by atoms with E-state index in [2.05, 4.69) is 0 Å². The normalized spacial score (nSPS) is 19.4. The second-order valence-corrected chi connectivity index (χ2v) is 18.8. The highest BCUT2D eigenvalue weighted by Gasteiger charge is 2.50. The maximum absolute atomic E-state index is 13.1. The zero-order chi connectivity index (χ0) is 49.9. The number of hydrogen-bond acceptors (Lipinski definition) is 11. The van der Waals surface area contributed by atoms with E-state index in [1.54, 1.807) is 49.5 Å². The van der Waals surface area contributed by atoms with Gasteiger partial charge in [-0.1, -0.05) is 98.9 Å². The van der Waals surface area contributed by atoms with Crippen molar-refractivity contribution in [2.75, 3.05) is 20.2 Å². The fourth-order valence-corrected chi connectivity index (χ4v) is 9.26. The minimum Gasteiger partial charge on any atom is -0.481 e. The summed E-state index contributed by atoms with van der Waals surface area (Å²) < 4.78 is 15.6. The molecule has 0 spiro atoms. The van der Waals surface area contributed by atoms with Gasteiger partial charge in [-0.2, -0.15) is 0 Å². The average molecular weight is 982 g/mol. The molecule has 0 saturated heterocycles. The standard InChI is InChI=1S/C25H34ClNO6.C15H17Cl2NO3.C9H16O3/c1-16(2)14-19(15-17(3)28)23(30)32-18(4)33-24(31)27(5)25(13-9-8-12-22(25)29)20-10-6-7-11-21(20)26;1-18(14(20)21-10-16)15(9-5-4-8-13(15)19)11-6-2-3-7-12(11)17;1-6(2)4-8(9(11)12)5-7(3)10/h6-7,10-11,16,18-19H,8-9,12-15H2,1-5H3;2-3,6-7H,4-5,8-10H2,1H3;6,8H,4-5H2,1-3H3,(H,11,12)/t18?,19-,25+;15-;8-/m101/s1. The summed E-state index contributed by atoms with van der Waals surface area (Å²) in [5.74, 6) is -2.32. The summed E-state index contributed by atoms with van der Waals surface area (Å²) in [4.78, 5) is 99.0. The predicted molar refractivity (Wildman–Crippen MR) is 252 cm³/mol. The zero-order valence-corrected chi connectivity index (χ0v) is 41.9. The molecule has 66 heavy (non-hydrogen) atoms. The summed E-state index contributed by atoms with van der Waals surface area (Å²) in [5.41, 5.74) is -1.12. The van der Waals surface area contributed by atoms with Gasteiger partial charge in [-0.15, -0.1) is 0 Å². The quantitative estimate of drug-likeness (QED) is 0.0898. The number of carbonyl (C=O) groups excluding carboxylic acids is 7. The molecule has 2 amide bonds. The van der Waals surface area contributed by atoms with E-state index in [0.717, 1.165) is 25.7 Å². The summed E-state index contributed by atoms with van der Waals surface area (Å²) in [7, 11) is 3.06. The molecule has 1 N–H and O–H groups in total. The highest BCUT2D eigenvalue weighted by atomic mass is 35.5. The highest BCUT2D eigenvalue weighted by molar-refractivity contribution is 6.32. The van der Waals surface area contributed by atoms with Gasteiger partial charge in [-0.3, -0.25) is 29.0 Å². The first kappa shape index (κ1) is 57.6. The lowest BCUT2D eigenvalue weighted by atomic mass is 9.74. The molecule has 366 valence electrons. The number of rotatable bonds is 17. The number of carbonyl (C=O) groups is 8. The van der Waals surface area contributed by atoms with Crippen LogP contribution in [0.15, 0.2) is 48.5 Å². The van der Waals surface area contributed by atoms with Gasteiger partial charge >= 0.3 is 24.1 Å². The van der Waals surface area contributed by atoms with Crippen molar-refractivity contribution in [1.82, 2.24) is 9.80 Å². The zero-order valence-electron chi connectivity index (χ0n) is 39.7. The van der Waals surface area contributed by atoms with Gasteiger partial charge in [0.1, 0.15) is 22.6 Å². The van der Waals surface area contributed by atoms with E-state index in [0.29, 0.717) is 65.6 Å². The van der Waals surface area contributed by atoms with Gasteiger partial charge in [-0.05, 0) is 89.2 Å². The van der Waals surface area contributed by atoms with E-state index in [-0.39, 0.29) is 48.0 Å². The Labute approximate surface area is 404 Å². The van der Waals surface area contributed by atoms with Gasteiger partial charge in [0, 0.05) is 67.9 Å². The van der Waals surface area contributed by atoms with Crippen LogP contribution in [0.25, 0.3) is 0 Å². The number of likely N-dealkylation sites (N-methyl/N-ethyl adjacent to an activating group) is 2. The minimum absolute atomic E-state index is 0.0177. The third-order valence-corrected chi connectivity index (χ3v) is 12.4. The van der Waals surface area contributed by atoms with Crippen LogP contribution in [0.5, 0.6) is 0 Å². The number of aliphatic carboxylic acids is 1. The van der Waals surface area contributed by atoms with Crippen LogP contribution in [-0.4, -0.2) is 88.6 Å². The van der Waals surface area contributed by atoms with E-state index >= 15 is 0 Å². The van der Waals surface area contributed by atoms with Crippen molar-refractivity contribution in [1.29, 1.82) is 0 Å². The molecule has 0 heterocycles. The van der Waals surface area contributed by atoms with Gasteiger partial charge in [0.15, 0.2) is 17.6 Å². The molecule has 17 heteroatoms. The maximum atomic E-state index is 13.1. The first-order valence-electron chi connectivity index (χ1n) is 22.4. The second-order valence-electron chi connectivity index (χ2n) is 17.8. The smallest absolute Gasteiger partial charge is 0.413 e. The second kappa shape index (κ2) is 27.3. The number of esters is 1. The van der Waals surface area contributed by atoms with Crippen LogP contribution in [0.3, 0.4) is 0 Å². The number of carboxylic acids is 1. The molecule has 0 aliphatic heterocycles. The summed E-state index contributed by atoms with van der Waals surface area (Å²) in [6.07, 6.45) is 3.56. The van der Waals surface area contributed by atoms with Gasteiger partial charge < -0.3 is 28.9 Å².